The highest BCUT2D eigenvalue weighted by Crippen LogP contribution is 2.45. The molecule has 3 aliphatic rings. The van der Waals surface area contributed by atoms with Crippen molar-refractivity contribution in [3.8, 4) is 11.5 Å². The molecule has 7 rings (SSSR count). The van der Waals surface area contributed by atoms with Gasteiger partial charge in [0.15, 0.2) is 6.29 Å². The van der Waals surface area contributed by atoms with Gasteiger partial charge >= 0.3 is 0 Å². The maximum absolute atomic E-state index is 11.9. The molecule has 12 atom stereocenters. The molecule has 6 N–H and O–H groups in total. The molecule has 4 aromatic rings. The molecule has 0 bridgehead atoms. The van der Waals surface area contributed by atoms with Gasteiger partial charge < -0.3 is 63.8 Å². The molecular weight excluding hydrogens is 714 g/mol. The van der Waals surface area contributed by atoms with E-state index in [1.54, 1.807) is 55.6 Å². The van der Waals surface area contributed by atoms with Crippen LogP contribution in [-0.4, -0.2) is 117 Å². The van der Waals surface area contributed by atoms with Gasteiger partial charge in [0.1, 0.15) is 72.7 Å². The van der Waals surface area contributed by atoms with Crippen molar-refractivity contribution < 1.29 is 63.8 Å². The summed E-state index contributed by atoms with van der Waals surface area (Å²) in [5.74, 6) is 0.981. The maximum atomic E-state index is 11.9. The Balaban J connectivity index is 1.31. The SMILES string of the molecule is COc1ccc(O[C@@H]2O[C@H](COCc3ccccc3)[C@@H](O[C@@H]3O[C@H](CO)[C@H](O)[C@H](O)[C@H]3O)[C@H](OCc3ccccc3)[C@H]2N2C(O)c3ccccc3C2O)cc1. The molecule has 3 heterocycles. The van der Waals surface area contributed by atoms with Gasteiger partial charge in [0.25, 0.3) is 0 Å². The van der Waals surface area contributed by atoms with Crippen LogP contribution in [0.2, 0.25) is 0 Å². The summed E-state index contributed by atoms with van der Waals surface area (Å²) in [4.78, 5) is 1.43. The van der Waals surface area contributed by atoms with Crippen LogP contribution < -0.4 is 9.47 Å². The first kappa shape index (κ1) is 39.2. The lowest BCUT2D eigenvalue weighted by atomic mass is 9.93. The van der Waals surface area contributed by atoms with E-state index in [9.17, 15) is 30.6 Å². The van der Waals surface area contributed by atoms with Crippen molar-refractivity contribution in [3.63, 3.8) is 0 Å². The third kappa shape index (κ3) is 8.56. The molecule has 14 heteroatoms. The van der Waals surface area contributed by atoms with Crippen molar-refractivity contribution in [2.24, 2.45) is 0 Å². The summed E-state index contributed by atoms with van der Waals surface area (Å²) in [5.41, 5.74) is 2.64. The van der Waals surface area contributed by atoms with Gasteiger partial charge in [-0.2, -0.15) is 0 Å². The fourth-order valence-corrected chi connectivity index (χ4v) is 7.31. The molecule has 2 saturated heterocycles. The van der Waals surface area contributed by atoms with Crippen LogP contribution in [0.25, 0.3) is 0 Å². The number of fused-ring (bicyclic) bond motifs is 1. The quantitative estimate of drug-likeness (QED) is 0.110. The van der Waals surface area contributed by atoms with E-state index in [1.165, 1.54) is 4.90 Å². The topological polar surface area (TPSA) is 189 Å². The van der Waals surface area contributed by atoms with Crippen molar-refractivity contribution >= 4 is 0 Å². The van der Waals surface area contributed by atoms with Gasteiger partial charge in [0.2, 0.25) is 6.29 Å². The molecule has 0 saturated carbocycles. The first-order chi connectivity index (χ1) is 26.8. The monoisotopic (exact) mass is 761 g/mol. The largest absolute Gasteiger partial charge is 0.497 e. The zero-order valence-corrected chi connectivity index (χ0v) is 30.1. The smallest absolute Gasteiger partial charge is 0.218 e. The van der Waals surface area contributed by atoms with E-state index in [1.807, 2.05) is 60.7 Å². The number of hydrogen-bond acceptors (Lipinski definition) is 14. The second kappa shape index (κ2) is 17.9. The number of benzene rings is 4. The molecule has 55 heavy (non-hydrogen) atoms. The zero-order chi connectivity index (χ0) is 38.5. The second-order valence-electron chi connectivity index (χ2n) is 13.7. The van der Waals surface area contributed by atoms with Crippen LogP contribution >= 0.6 is 0 Å². The van der Waals surface area contributed by atoms with Crippen LogP contribution in [0.1, 0.15) is 34.7 Å². The highest BCUT2D eigenvalue weighted by molar-refractivity contribution is 5.36. The van der Waals surface area contributed by atoms with Gasteiger partial charge in [-0.05, 0) is 35.4 Å². The predicted octanol–water partition coefficient (Wildman–Crippen LogP) is 2.15. The lowest BCUT2D eigenvalue weighted by Gasteiger charge is -2.51. The number of ether oxygens (including phenoxy) is 7. The molecular formula is C41H47NO13. The van der Waals surface area contributed by atoms with Gasteiger partial charge in [0, 0.05) is 11.1 Å². The minimum Gasteiger partial charge on any atom is -0.497 e. The zero-order valence-electron chi connectivity index (χ0n) is 30.1. The summed E-state index contributed by atoms with van der Waals surface area (Å²) >= 11 is 0. The molecule has 3 aliphatic heterocycles. The standard InChI is InChI=1S/C41H47NO13/c1-49-26-16-18-27(19-17-26)52-40-32(42-38(47)28-14-8-9-15-29(28)39(42)48)37(51-22-25-12-6-3-7-13-25)36(31(54-40)23-50-21-24-10-4-2-5-11-24)55-41-35(46)34(45)33(44)30(20-43)53-41/h2-19,30-41,43-48H,20-23H2,1H3/t30-,31-,32-,33+,34+,35-,36-,37-,38?,39?,40-,41+/m1/s1. The average Bonchev–Trinajstić information content (AvgIpc) is 3.47. The normalized spacial score (nSPS) is 32.2. The fourth-order valence-electron chi connectivity index (χ4n) is 7.31. The van der Waals surface area contributed by atoms with E-state index >= 15 is 0 Å². The van der Waals surface area contributed by atoms with Crippen molar-refractivity contribution in [2.75, 3.05) is 20.3 Å². The predicted molar refractivity (Wildman–Crippen MR) is 194 cm³/mol. The molecule has 0 radical (unpaired) electrons. The van der Waals surface area contributed by atoms with Crippen molar-refractivity contribution in [1.29, 1.82) is 0 Å². The number of nitrogens with zero attached hydrogens (tertiary/aromatic N) is 1. The fraction of sp³-hybridized carbons (Fsp3) is 0.415. The first-order valence-electron chi connectivity index (χ1n) is 18.2. The van der Waals surface area contributed by atoms with Crippen molar-refractivity contribution in [2.45, 2.75) is 87.0 Å². The van der Waals surface area contributed by atoms with Gasteiger partial charge in [-0.25, -0.2) is 4.90 Å². The van der Waals surface area contributed by atoms with Gasteiger partial charge in [-0.3, -0.25) is 0 Å². The summed E-state index contributed by atoms with van der Waals surface area (Å²) in [5, 5.41) is 66.2. The van der Waals surface area contributed by atoms with Crippen LogP contribution in [0.3, 0.4) is 0 Å². The highest BCUT2D eigenvalue weighted by Gasteiger charge is 2.57. The Hall–Kier alpha value is -4.00. The van der Waals surface area contributed by atoms with E-state index in [0.717, 1.165) is 11.1 Å². The Kier molecular flexibility index (Phi) is 12.7. The first-order valence-corrected chi connectivity index (χ1v) is 18.2. The van der Waals surface area contributed by atoms with Crippen LogP contribution in [0, 0.1) is 0 Å². The third-order valence-electron chi connectivity index (χ3n) is 10.2. The lowest BCUT2D eigenvalue weighted by molar-refractivity contribution is -0.358. The molecule has 2 unspecified atom stereocenters. The summed E-state index contributed by atoms with van der Waals surface area (Å²) < 4.78 is 43.9. The molecule has 0 aliphatic carbocycles. The molecule has 2 fully saturated rings. The highest BCUT2D eigenvalue weighted by atomic mass is 16.7. The number of aliphatic hydroxyl groups is 6. The van der Waals surface area contributed by atoms with E-state index in [4.69, 9.17) is 33.2 Å². The van der Waals surface area contributed by atoms with Crippen LogP contribution in [0.15, 0.2) is 109 Å². The Bertz CT molecular complexity index is 1760. The third-order valence-corrected chi connectivity index (χ3v) is 10.2. The summed E-state index contributed by atoms with van der Waals surface area (Å²) in [6.45, 7) is -0.525. The van der Waals surface area contributed by atoms with E-state index in [0.29, 0.717) is 22.6 Å². The van der Waals surface area contributed by atoms with Gasteiger partial charge in [-0.15, -0.1) is 0 Å². The van der Waals surface area contributed by atoms with Gasteiger partial charge in [-0.1, -0.05) is 84.9 Å². The maximum Gasteiger partial charge on any atom is 0.218 e. The molecule has 294 valence electrons. The number of aliphatic hydroxyl groups excluding tert-OH is 6. The Labute approximate surface area is 318 Å². The minimum atomic E-state index is -1.75. The summed E-state index contributed by atoms with van der Waals surface area (Å²) in [6.07, 6.45) is -15.2. The van der Waals surface area contributed by atoms with Crippen LogP contribution in [-0.2, 0) is 36.9 Å². The van der Waals surface area contributed by atoms with Crippen LogP contribution in [0.4, 0.5) is 0 Å². The molecule has 4 aromatic carbocycles. The number of hydrogen-bond donors (Lipinski definition) is 6. The second-order valence-corrected chi connectivity index (χ2v) is 13.7. The van der Waals surface area contributed by atoms with Crippen molar-refractivity contribution in [3.05, 3.63) is 131 Å². The minimum absolute atomic E-state index is 0.0381. The van der Waals surface area contributed by atoms with Crippen molar-refractivity contribution in [1.82, 2.24) is 4.90 Å². The van der Waals surface area contributed by atoms with E-state index < -0.39 is 80.4 Å². The Morgan fingerprint density at radius 3 is 1.76 bits per heavy atom. The van der Waals surface area contributed by atoms with Gasteiger partial charge in [0.05, 0.1) is 33.5 Å². The average molecular weight is 762 g/mol. The summed E-state index contributed by atoms with van der Waals surface area (Å²) in [6, 6.07) is 31.5. The van der Waals surface area contributed by atoms with E-state index in [2.05, 4.69) is 0 Å². The van der Waals surface area contributed by atoms with Crippen LogP contribution in [0.5, 0.6) is 11.5 Å². The van der Waals surface area contributed by atoms with E-state index in [-0.39, 0.29) is 19.8 Å². The Morgan fingerprint density at radius 2 is 1.16 bits per heavy atom. The number of rotatable bonds is 14. The Morgan fingerprint density at radius 1 is 0.600 bits per heavy atom. The molecule has 14 nitrogen and oxygen atoms in total. The molecule has 0 amide bonds. The molecule has 0 aromatic heterocycles. The molecule has 0 spiro atoms. The number of methoxy groups -OCH3 is 1. The lowest BCUT2D eigenvalue weighted by Crippen LogP contribution is -2.69. The summed E-state index contributed by atoms with van der Waals surface area (Å²) in [7, 11) is 1.55.